The van der Waals surface area contributed by atoms with Crippen molar-refractivity contribution in [3.63, 3.8) is 0 Å². The number of anilines is 1. The Morgan fingerprint density at radius 1 is 1.17 bits per heavy atom. The summed E-state index contributed by atoms with van der Waals surface area (Å²) in [5.41, 5.74) is 0.348. The van der Waals surface area contributed by atoms with E-state index in [1.165, 1.54) is 12.1 Å². The van der Waals surface area contributed by atoms with Gasteiger partial charge in [-0.1, -0.05) is 6.92 Å². The molecule has 0 heterocycles. The number of hydrogen-bond donors (Lipinski definition) is 2. The Hall–Kier alpha value is -1.64. The maximum Gasteiger partial charge on any atom is 0.240 e. The average Bonchev–Trinajstić information content (AvgIpc) is 2.56. The summed E-state index contributed by atoms with van der Waals surface area (Å²) in [6.45, 7) is 7.22. The van der Waals surface area contributed by atoms with E-state index in [4.69, 9.17) is 9.47 Å². The number of hydrogen-bond acceptors (Lipinski definition) is 5. The van der Waals surface area contributed by atoms with Crippen LogP contribution in [-0.4, -0.2) is 40.7 Å². The van der Waals surface area contributed by atoms with Gasteiger partial charge in [-0.3, -0.25) is 4.79 Å². The lowest BCUT2D eigenvalue weighted by Crippen LogP contribution is -2.25. The Morgan fingerprint density at radius 2 is 1.92 bits per heavy atom. The standard InChI is InChI=1S/C16H26N2O5S/c1-4-16(19)18-14-12-13(8-9-15(14)23-6-3)24(20,21)17-10-7-11-22-5-2/h8-9,12,17H,4-7,10-11H2,1-3H3,(H,18,19). The van der Waals surface area contributed by atoms with Crippen molar-refractivity contribution in [2.75, 3.05) is 31.7 Å². The molecule has 136 valence electrons. The molecule has 0 atom stereocenters. The molecule has 0 aliphatic carbocycles. The lowest BCUT2D eigenvalue weighted by molar-refractivity contribution is -0.115. The van der Waals surface area contributed by atoms with Crippen LogP contribution in [0.25, 0.3) is 0 Å². The summed E-state index contributed by atoms with van der Waals surface area (Å²) < 4.78 is 37.8. The average molecular weight is 358 g/mol. The Bertz CT molecular complexity index is 631. The van der Waals surface area contributed by atoms with Crippen LogP contribution >= 0.6 is 0 Å². The summed E-state index contributed by atoms with van der Waals surface area (Å²) in [5.74, 6) is 0.227. The zero-order valence-electron chi connectivity index (χ0n) is 14.4. The molecule has 0 radical (unpaired) electrons. The first-order valence-electron chi connectivity index (χ1n) is 8.08. The van der Waals surface area contributed by atoms with Gasteiger partial charge in [-0.15, -0.1) is 0 Å². The highest BCUT2D eigenvalue weighted by Crippen LogP contribution is 2.28. The van der Waals surface area contributed by atoms with Gasteiger partial charge >= 0.3 is 0 Å². The van der Waals surface area contributed by atoms with Crippen LogP contribution in [0.15, 0.2) is 23.1 Å². The van der Waals surface area contributed by atoms with Gasteiger partial charge in [0.25, 0.3) is 0 Å². The molecular weight excluding hydrogens is 332 g/mol. The SMILES string of the molecule is CCOCCCNS(=O)(=O)c1ccc(OCC)c(NC(=O)CC)c1. The van der Waals surface area contributed by atoms with Crippen molar-refractivity contribution in [2.45, 2.75) is 38.5 Å². The van der Waals surface area contributed by atoms with Gasteiger partial charge in [0, 0.05) is 26.2 Å². The summed E-state index contributed by atoms with van der Waals surface area (Å²) in [6, 6.07) is 4.41. The van der Waals surface area contributed by atoms with E-state index in [0.29, 0.717) is 37.7 Å². The van der Waals surface area contributed by atoms with Crippen molar-refractivity contribution in [3.05, 3.63) is 18.2 Å². The van der Waals surface area contributed by atoms with Crippen LogP contribution in [0.5, 0.6) is 5.75 Å². The Kier molecular flexibility index (Phi) is 8.73. The molecule has 0 aliphatic heterocycles. The highest BCUT2D eigenvalue weighted by atomic mass is 32.2. The molecule has 24 heavy (non-hydrogen) atoms. The van der Waals surface area contributed by atoms with Crippen LogP contribution < -0.4 is 14.8 Å². The molecule has 0 aromatic heterocycles. The fraction of sp³-hybridized carbons (Fsp3) is 0.562. The van der Waals surface area contributed by atoms with E-state index in [2.05, 4.69) is 10.0 Å². The minimum absolute atomic E-state index is 0.0776. The maximum absolute atomic E-state index is 12.3. The van der Waals surface area contributed by atoms with Gasteiger partial charge in [0.15, 0.2) is 0 Å². The zero-order valence-corrected chi connectivity index (χ0v) is 15.2. The van der Waals surface area contributed by atoms with E-state index in [-0.39, 0.29) is 23.8 Å². The molecule has 1 amide bonds. The molecule has 1 aromatic carbocycles. The number of ether oxygens (including phenoxy) is 2. The van der Waals surface area contributed by atoms with E-state index in [1.807, 2.05) is 13.8 Å². The van der Waals surface area contributed by atoms with Crippen LogP contribution in [0.2, 0.25) is 0 Å². The van der Waals surface area contributed by atoms with Crippen molar-refractivity contribution in [3.8, 4) is 5.75 Å². The van der Waals surface area contributed by atoms with E-state index >= 15 is 0 Å². The zero-order chi connectivity index (χ0) is 18.0. The predicted octanol–water partition coefficient (Wildman–Crippen LogP) is 2.14. The Morgan fingerprint density at radius 3 is 2.54 bits per heavy atom. The molecule has 0 fully saturated rings. The maximum atomic E-state index is 12.3. The van der Waals surface area contributed by atoms with Crippen molar-refractivity contribution in [2.24, 2.45) is 0 Å². The number of nitrogens with one attached hydrogen (secondary N) is 2. The molecule has 2 N–H and O–H groups in total. The summed E-state index contributed by atoms with van der Waals surface area (Å²) in [7, 11) is -3.66. The van der Waals surface area contributed by atoms with Crippen LogP contribution in [0.1, 0.15) is 33.6 Å². The van der Waals surface area contributed by atoms with Gasteiger partial charge in [-0.25, -0.2) is 13.1 Å². The second-order valence-corrected chi connectivity index (χ2v) is 6.71. The number of amides is 1. The Balaban J connectivity index is 2.89. The summed E-state index contributed by atoms with van der Waals surface area (Å²) in [5, 5.41) is 2.67. The molecule has 0 spiro atoms. The third-order valence-electron chi connectivity index (χ3n) is 3.12. The quantitative estimate of drug-likeness (QED) is 0.591. The number of rotatable bonds is 11. The third-order valence-corrected chi connectivity index (χ3v) is 4.58. The fourth-order valence-corrected chi connectivity index (χ4v) is 3.00. The lowest BCUT2D eigenvalue weighted by atomic mass is 10.3. The molecule has 0 saturated heterocycles. The number of sulfonamides is 1. The van der Waals surface area contributed by atoms with E-state index < -0.39 is 10.0 Å². The first kappa shape index (κ1) is 20.4. The molecule has 0 bridgehead atoms. The van der Waals surface area contributed by atoms with Gasteiger partial charge in [0.2, 0.25) is 15.9 Å². The number of carbonyl (C=O) groups excluding carboxylic acids is 1. The molecule has 1 rings (SSSR count). The lowest BCUT2D eigenvalue weighted by Gasteiger charge is -2.13. The molecule has 1 aromatic rings. The van der Waals surface area contributed by atoms with Gasteiger partial charge in [-0.05, 0) is 38.5 Å². The first-order valence-corrected chi connectivity index (χ1v) is 9.57. The van der Waals surface area contributed by atoms with Crippen LogP contribution in [0.3, 0.4) is 0 Å². The predicted molar refractivity (Wildman–Crippen MR) is 92.8 cm³/mol. The van der Waals surface area contributed by atoms with Crippen molar-refractivity contribution < 1.29 is 22.7 Å². The smallest absolute Gasteiger partial charge is 0.240 e. The Labute approximate surface area is 143 Å². The first-order chi connectivity index (χ1) is 11.4. The molecule has 0 saturated carbocycles. The van der Waals surface area contributed by atoms with Gasteiger partial charge in [0.1, 0.15) is 5.75 Å². The van der Waals surface area contributed by atoms with Crippen molar-refractivity contribution in [1.82, 2.24) is 4.72 Å². The van der Waals surface area contributed by atoms with E-state index in [0.717, 1.165) is 0 Å². The van der Waals surface area contributed by atoms with Gasteiger partial charge in [0.05, 0.1) is 17.2 Å². The van der Waals surface area contributed by atoms with Crippen molar-refractivity contribution in [1.29, 1.82) is 0 Å². The minimum Gasteiger partial charge on any atom is -0.492 e. The van der Waals surface area contributed by atoms with E-state index in [9.17, 15) is 13.2 Å². The fourth-order valence-electron chi connectivity index (χ4n) is 1.90. The van der Waals surface area contributed by atoms with Gasteiger partial charge < -0.3 is 14.8 Å². The molecule has 0 aliphatic rings. The largest absolute Gasteiger partial charge is 0.492 e. The summed E-state index contributed by atoms with van der Waals surface area (Å²) >= 11 is 0. The highest BCUT2D eigenvalue weighted by Gasteiger charge is 2.17. The molecular formula is C16H26N2O5S. The van der Waals surface area contributed by atoms with Crippen molar-refractivity contribution >= 4 is 21.6 Å². The topological polar surface area (TPSA) is 93.7 Å². The molecule has 0 unspecified atom stereocenters. The van der Waals surface area contributed by atoms with E-state index in [1.54, 1.807) is 13.0 Å². The monoisotopic (exact) mass is 358 g/mol. The third kappa shape index (κ3) is 6.46. The second-order valence-electron chi connectivity index (χ2n) is 4.94. The summed E-state index contributed by atoms with van der Waals surface area (Å²) in [4.78, 5) is 11.7. The van der Waals surface area contributed by atoms with Crippen LogP contribution in [-0.2, 0) is 19.6 Å². The van der Waals surface area contributed by atoms with Crippen LogP contribution in [0, 0.1) is 0 Å². The second kappa shape index (κ2) is 10.3. The molecule has 8 heteroatoms. The van der Waals surface area contributed by atoms with Crippen LogP contribution in [0.4, 0.5) is 5.69 Å². The number of carbonyl (C=O) groups is 1. The number of benzene rings is 1. The van der Waals surface area contributed by atoms with Gasteiger partial charge in [-0.2, -0.15) is 0 Å². The minimum atomic E-state index is -3.66. The summed E-state index contributed by atoms with van der Waals surface area (Å²) in [6.07, 6.45) is 0.877. The normalized spacial score (nSPS) is 11.3. The molecule has 7 nitrogen and oxygen atoms in total. The highest BCUT2D eigenvalue weighted by molar-refractivity contribution is 7.89.